The molecule has 188 valence electrons. The predicted molar refractivity (Wildman–Crippen MR) is 137 cm³/mol. The summed E-state index contributed by atoms with van der Waals surface area (Å²) in [7, 11) is -3.96. The monoisotopic (exact) mass is 497 g/mol. The molecule has 35 heavy (non-hydrogen) atoms. The Morgan fingerprint density at radius 1 is 1.00 bits per heavy atom. The van der Waals surface area contributed by atoms with Crippen LogP contribution in [0.3, 0.4) is 0 Å². The van der Waals surface area contributed by atoms with Crippen LogP contribution in [0.4, 0.5) is 5.69 Å². The number of hydrogen-bond acceptors (Lipinski definition) is 4. The minimum absolute atomic E-state index is 0.0264. The zero-order chi connectivity index (χ0) is 25.2. The summed E-state index contributed by atoms with van der Waals surface area (Å²) >= 11 is 0. The van der Waals surface area contributed by atoms with Gasteiger partial charge in [-0.05, 0) is 62.9 Å². The van der Waals surface area contributed by atoms with Gasteiger partial charge in [-0.3, -0.25) is 14.5 Å². The molecule has 1 saturated carbocycles. The molecule has 0 aromatic heterocycles. The first-order valence-electron chi connectivity index (χ1n) is 12.4. The van der Waals surface area contributed by atoms with E-state index in [1.165, 1.54) is 17.0 Å². The Bertz CT molecular complexity index is 1190. The van der Waals surface area contributed by atoms with Gasteiger partial charge in [0.1, 0.15) is 5.54 Å². The lowest BCUT2D eigenvalue weighted by Crippen LogP contribution is -2.70. The molecular formula is C27H35N3O4S. The lowest BCUT2D eigenvalue weighted by molar-refractivity contribution is -0.133. The highest BCUT2D eigenvalue weighted by atomic mass is 32.2. The van der Waals surface area contributed by atoms with E-state index in [2.05, 4.69) is 5.32 Å². The fraction of sp³-hybridized carbons (Fsp3) is 0.481. The van der Waals surface area contributed by atoms with Crippen molar-refractivity contribution in [1.82, 2.24) is 9.62 Å². The molecule has 7 nitrogen and oxygen atoms in total. The Kier molecular flexibility index (Phi) is 7.33. The molecule has 1 saturated heterocycles. The molecule has 2 aliphatic rings. The Hall–Kier alpha value is -2.71. The number of nitrogens with zero attached hydrogens (tertiary/aromatic N) is 2. The van der Waals surface area contributed by atoms with Crippen LogP contribution in [0.1, 0.15) is 56.6 Å². The van der Waals surface area contributed by atoms with E-state index in [4.69, 9.17) is 0 Å². The largest absolute Gasteiger partial charge is 0.351 e. The van der Waals surface area contributed by atoms with Crippen LogP contribution in [0.5, 0.6) is 0 Å². The van der Waals surface area contributed by atoms with Crippen LogP contribution in [0.2, 0.25) is 0 Å². The van der Waals surface area contributed by atoms with Crippen molar-refractivity contribution in [3.63, 3.8) is 0 Å². The summed E-state index contributed by atoms with van der Waals surface area (Å²) in [5.41, 5.74) is 1.06. The maximum Gasteiger partial charge on any atom is 0.247 e. The molecule has 0 spiro atoms. The molecule has 2 aromatic carbocycles. The molecule has 1 N–H and O–H groups in total. The average molecular weight is 498 g/mol. The molecule has 2 amide bonds. The molecule has 4 rings (SSSR count). The zero-order valence-corrected chi connectivity index (χ0v) is 21.6. The van der Waals surface area contributed by atoms with E-state index in [-0.39, 0.29) is 29.9 Å². The Morgan fingerprint density at radius 3 is 2.31 bits per heavy atom. The number of carbonyl (C=O) groups excluding carboxylic acids is 2. The van der Waals surface area contributed by atoms with Crippen molar-refractivity contribution in [2.75, 3.05) is 18.0 Å². The summed E-state index contributed by atoms with van der Waals surface area (Å²) < 4.78 is 28.1. The van der Waals surface area contributed by atoms with Gasteiger partial charge in [0.15, 0.2) is 0 Å². The topological polar surface area (TPSA) is 86.8 Å². The number of carbonyl (C=O) groups is 2. The SMILES string of the molecule is Cc1ccc(C)c(N2C(=O)CN(S(=O)(=O)c3ccccc3)C[C@]2(C)C(=O)NC2CCCCCC2)c1. The van der Waals surface area contributed by atoms with Crippen LogP contribution in [-0.4, -0.2) is 49.2 Å². The van der Waals surface area contributed by atoms with Crippen LogP contribution >= 0.6 is 0 Å². The lowest BCUT2D eigenvalue weighted by Gasteiger charge is -2.47. The molecule has 2 fully saturated rings. The number of hydrogen-bond donors (Lipinski definition) is 1. The van der Waals surface area contributed by atoms with Gasteiger partial charge in [-0.2, -0.15) is 4.31 Å². The van der Waals surface area contributed by atoms with Gasteiger partial charge in [0, 0.05) is 18.3 Å². The minimum atomic E-state index is -3.96. The highest BCUT2D eigenvalue weighted by Gasteiger charge is 2.51. The maximum absolute atomic E-state index is 13.9. The van der Waals surface area contributed by atoms with Crippen molar-refractivity contribution in [2.24, 2.45) is 0 Å². The smallest absolute Gasteiger partial charge is 0.247 e. The second-order valence-electron chi connectivity index (χ2n) is 10.0. The third kappa shape index (κ3) is 5.14. The Labute approximate surface area is 208 Å². The van der Waals surface area contributed by atoms with Gasteiger partial charge >= 0.3 is 0 Å². The summed E-state index contributed by atoms with van der Waals surface area (Å²) in [5, 5.41) is 3.18. The number of piperazine rings is 1. The van der Waals surface area contributed by atoms with Gasteiger partial charge in [0.25, 0.3) is 0 Å². The number of anilines is 1. The molecule has 1 aliphatic carbocycles. The molecule has 1 atom stereocenters. The summed E-state index contributed by atoms with van der Waals surface area (Å²) in [4.78, 5) is 29.2. The van der Waals surface area contributed by atoms with Gasteiger partial charge in [0.05, 0.1) is 11.4 Å². The van der Waals surface area contributed by atoms with Crippen molar-refractivity contribution in [3.05, 3.63) is 59.7 Å². The summed E-state index contributed by atoms with van der Waals surface area (Å²) in [6, 6.07) is 13.9. The first-order valence-corrected chi connectivity index (χ1v) is 13.8. The maximum atomic E-state index is 13.9. The number of benzene rings is 2. The van der Waals surface area contributed by atoms with Crippen LogP contribution in [0, 0.1) is 13.8 Å². The van der Waals surface area contributed by atoms with Crippen molar-refractivity contribution in [3.8, 4) is 0 Å². The second-order valence-corrected chi connectivity index (χ2v) is 12.0. The zero-order valence-electron chi connectivity index (χ0n) is 20.8. The van der Waals surface area contributed by atoms with Crippen LogP contribution in [-0.2, 0) is 19.6 Å². The molecular weight excluding hydrogens is 462 g/mol. The van der Waals surface area contributed by atoms with Gasteiger partial charge in [-0.1, -0.05) is 56.0 Å². The standard InChI is InChI=1S/C27H35N3O4S/c1-20-15-16-21(2)24(17-20)30-25(31)18-29(35(33,34)23-13-9-6-10-14-23)19-27(30,3)26(32)28-22-11-7-4-5-8-12-22/h6,9-10,13-17,22H,4-5,7-8,11-12,18-19H2,1-3H3,(H,28,32)/t27-/m1/s1. The fourth-order valence-electron chi connectivity index (χ4n) is 5.18. The summed E-state index contributed by atoms with van der Waals surface area (Å²) in [6.07, 6.45) is 6.20. The van der Waals surface area contributed by atoms with E-state index in [9.17, 15) is 18.0 Å². The van der Waals surface area contributed by atoms with Gasteiger partial charge in [-0.25, -0.2) is 8.42 Å². The number of nitrogens with one attached hydrogen (secondary N) is 1. The van der Waals surface area contributed by atoms with E-state index in [1.807, 2.05) is 32.0 Å². The second kappa shape index (κ2) is 10.1. The molecule has 1 aliphatic heterocycles. The van der Waals surface area contributed by atoms with E-state index in [1.54, 1.807) is 25.1 Å². The highest BCUT2D eigenvalue weighted by molar-refractivity contribution is 7.89. The summed E-state index contributed by atoms with van der Waals surface area (Å²) in [6.45, 7) is 5.08. The van der Waals surface area contributed by atoms with Crippen molar-refractivity contribution < 1.29 is 18.0 Å². The number of rotatable bonds is 5. The molecule has 8 heteroatoms. The van der Waals surface area contributed by atoms with E-state index in [0.717, 1.165) is 54.0 Å². The minimum Gasteiger partial charge on any atom is -0.351 e. The third-order valence-corrected chi connectivity index (χ3v) is 9.01. The van der Waals surface area contributed by atoms with E-state index in [0.29, 0.717) is 5.69 Å². The first-order chi connectivity index (χ1) is 16.6. The lowest BCUT2D eigenvalue weighted by atomic mass is 9.92. The third-order valence-electron chi connectivity index (χ3n) is 7.20. The number of amides is 2. The van der Waals surface area contributed by atoms with Crippen molar-refractivity contribution in [2.45, 2.75) is 75.8 Å². The number of sulfonamides is 1. The molecule has 1 heterocycles. The van der Waals surface area contributed by atoms with Gasteiger partial charge in [0.2, 0.25) is 21.8 Å². The fourth-order valence-corrected chi connectivity index (χ4v) is 6.68. The van der Waals surface area contributed by atoms with Crippen molar-refractivity contribution in [1.29, 1.82) is 0 Å². The summed E-state index contributed by atoms with van der Waals surface area (Å²) in [5.74, 6) is -0.727. The normalized spacial score (nSPS) is 22.6. The van der Waals surface area contributed by atoms with E-state index < -0.39 is 21.5 Å². The van der Waals surface area contributed by atoms with Crippen molar-refractivity contribution >= 4 is 27.5 Å². The van der Waals surface area contributed by atoms with Crippen LogP contribution in [0.25, 0.3) is 0 Å². The predicted octanol–water partition coefficient (Wildman–Crippen LogP) is 3.94. The Morgan fingerprint density at radius 2 is 1.66 bits per heavy atom. The molecule has 2 aromatic rings. The Balaban J connectivity index is 1.74. The molecule has 0 bridgehead atoms. The molecule has 0 unspecified atom stereocenters. The van der Waals surface area contributed by atoms with Gasteiger partial charge in [-0.15, -0.1) is 0 Å². The van der Waals surface area contributed by atoms with Crippen LogP contribution in [0.15, 0.2) is 53.4 Å². The quantitative estimate of drug-likeness (QED) is 0.634. The van der Waals surface area contributed by atoms with Crippen LogP contribution < -0.4 is 10.2 Å². The highest BCUT2D eigenvalue weighted by Crippen LogP contribution is 2.35. The average Bonchev–Trinajstić information content (AvgIpc) is 3.10. The first kappa shape index (κ1) is 25.4. The number of aryl methyl sites for hydroxylation is 2. The molecule has 0 radical (unpaired) electrons. The van der Waals surface area contributed by atoms with E-state index >= 15 is 0 Å². The van der Waals surface area contributed by atoms with Gasteiger partial charge < -0.3 is 5.32 Å².